The minimum Gasteiger partial charge on any atom is -0.493 e. The van der Waals surface area contributed by atoms with Crippen LogP contribution in [-0.4, -0.2) is 109 Å². The van der Waals surface area contributed by atoms with Crippen LogP contribution >= 0.6 is 0 Å². The molecule has 11 nitrogen and oxygen atoms in total. The van der Waals surface area contributed by atoms with Crippen LogP contribution in [-0.2, 0) is 16.1 Å². The predicted molar refractivity (Wildman–Crippen MR) is 144 cm³/mol. The number of methoxy groups -OCH3 is 3. The van der Waals surface area contributed by atoms with Crippen LogP contribution < -0.4 is 14.2 Å². The number of nitrogens with zero attached hydrogens (tertiary/aromatic N) is 3. The summed E-state index contributed by atoms with van der Waals surface area (Å²) >= 11 is 0. The zero-order chi connectivity index (χ0) is 28.4. The number of ether oxygens (including phenoxy) is 3. The van der Waals surface area contributed by atoms with E-state index in [9.17, 15) is 4.79 Å². The first-order valence-corrected chi connectivity index (χ1v) is 12.8. The van der Waals surface area contributed by atoms with E-state index in [1.54, 1.807) is 33.5 Å². The van der Waals surface area contributed by atoms with E-state index in [0.717, 1.165) is 45.8 Å². The van der Waals surface area contributed by atoms with Gasteiger partial charge in [-0.3, -0.25) is 14.6 Å². The second kappa shape index (κ2) is 14.4. The Balaban J connectivity index is 0.000000631. The lowest BCUT2D eigenvalue weighted by Gasteiger charge is -2.42. The van der Waals surface area contributed by atoms with Crippen LogP contribution in [0.15, 0.2) is 42.5 Å². The Labute approximate surface area is 228 Å². The van der Waals surface area contributed by atoms with Gasteiger partial charge in [0.15, 0.2) is 11.5 Å². The molecular weight excluding hydrogens is 506 g/mol. The Morgan fingerprint density at radius 2 is 1.33 bits per heavy atom. The fourth-order valence-corrected chi connectivity index (χ4v) is 4.96. The molecule has 0 unspecified atom stereocenters. The fourth-order valence-electron chi connectivity index (χ4n) is 4.96. The van der Waals surface area contributed by atoms with E-state index in [2.05, 4.69) is 40.1 Å². The molecule has 0 radical (unpaired) electrons. The van der Waals surface area contributed by atoms with Gasteiger partial charge in [-0.2, -0.15) is 0 Å². The van der Waals surface area contributed by atoms with Gasteiger partial charge in [0, 0.05) is 44.3 Å². The van der Waals surface area contributed by atoms with Crippen LogP contribution in [0, 0.1) is 0 Å². The summed E-state index contributed by atoms with van der Waals surface area (Å²) in [7, 11) is 4.69. The third-order valence-corrected chi connectivity index (χ3v) is 7.02. The number of hydrogen-bond acceptors (Lipinski definition) is 8. The van der Waals surface area contributed by atoms with Crippen molar-refractivity contribution >= 4 is 17.8 Å². The highest BCUT2D eigenvalue weighted by Crippen LogP contribution is 2.38. The Hall–Kier alpha value is -3.83. The van der Waals surface area contributed by atoms with E-state index in [-0.39, 0.29) is 5.91 Å². The van der Waals surface area contributed by atoms with Crippen molar-refractivity contribution in [1.82, 2.24) is 14.7 Å². The van der Waals surface area contributed by atoms with Crippen molar-refractivity contribution in [3.05, 3.63) is 53.6 Å². The van der Waals surface area contributed by atoms with E-state index in [0.29, 0.717) is 28.9 Å². The molecule has 2 saturated heterocycles. The minimum absolute atomic E-state index is 0.00610. The summed E-state index contributed by atoms with van der Waals surface area (Å²) in [4.78, 5) is 38.4. The molecule has 0 saturated carbocycles. The topological polar surface area (TPSA) is 129 Å². The lowest BCUT2D eigenvalue weighted by molar-refractivity contribution is -0.159. The van der Waals surface area contributed by atoms with Gasteiger partial charge in [0.2, 0.25) is 5.75 Å². The SMILES string of the molecule is COc1cc(C(=O)N2CCN(C3CCN(Cc4ccccc4)CC3)CC2)cc(OC)c1OC.O=C(O)C(=O)O. The number of amides is 1. The normalized spacial score (nSPS) is 16.5. The van der Waals surface area contributed by atoms with Crippen molar-refractivity contribution in [1.29, 1.82) is 0 Å². The van der Waals surface area contributed by atoms with Crippen LogP contribution in [0.4, 0.5) is 0 Å². The number of carbonyl (C=O) groups is 3. The molecule has 2 aromatic carbocycles. The third-order valence-electron chi connectivity index (χ3n) is 7.02. The molecule has 1 amide bonds. The monoisotopic (exact) mass is 543 g/mol. The Kier molecular flexibility index (Phi) is 10.9. The highest BCUT2D eigenvalue weighted by atomic mass is 16.5. The van der Waals surface area contributed by atoms with Crippen LogP contribution in [0.1, 0.15) is 28.8 Å². The number of carboxylic acids is 2. The largest absolute Gasteiger partial charge is 0.493 e. The molecule has 2 aliphatic rings. The van der Waals surface area contributed by atoms with Gasteiger partial charge in [0.05, 0.1) is 21.3 Å². The van der Waals surface area contributed by atoms with Gasteiger partial charge >= 0.3 is 11.9 Å². The van der Waals surface area contributed by atoms with Crippen LogP contribution in [0.5, 0.6) is 17.2 Å². The summed E-state index contributed by atoms with van der Waals surface area (Å²) in [5, 5.41) is 14.8. The van der Waals surface area contributed by atoms with Gasteiger partial charge in [0.1, 0.15) is 0 Å². The van der Waals surface area contributed by atoms with Crippen LogP contribution in [0.25, 0.3) is 0 Å². The highest BCUT2D eigenvalue weighted by molar-refractivity contribution is 6.27. The molecule has 39 heavy (non-hydrogen) atoms. The van der Waals surface area contributed by atoms with Gasteiger partial charge in [-0.1, -0.05) is 30.3 Å². The van der Waals surface area contributed by atoms with Crippen molar-refractivity contribution < 1.29 is 38.8 Å². The smallest absolute Gasteiger partial charge is 0.414 e. The summed E-state index contributed by atoms with van der Waals surface area (Å²) in [6, 6.07) is 14.8. The highest BCUT2D eigenvalue weighted by Gasteiger charge is 2.30. The van der Waals surface area contributed by atoms with Gasteiger partial charge in [-0.05, 0) is 43.6 Å². The number of rotatable bonds is 7. The Bertz CT molecular complexity index is 1070. The average Bonchev–Trinajstić information content (AvgIpc) is 2.97. The number of likely N-dealkylation sites (tertiary alicyclic amines) is 1. The first kappa shape index (κ1) is 29.7. The molecule has 2 fully saturated rings. The van der Waals surface area contributed by atoms with E-state index >= 15 is 0 Å². The maximum Gasteiger partial charge on any atom is 0.414 e. The van der Waals surface area contributed by atoms with E-state index < -0.39 is 11.9 Å². The van der Waals surface area contributed by atoms with Crippen molar-refractivity contribution in [3.8, 4) is 17.2 Å². The maximum absolute atomic E-state index is 13.2. The molecule has 2 heterocycles. The van der Waals surface area contributed by atoms with Gasteiger partial charge in [-0.25, -0.2) is 9.59 Å². The molecule has 0 aromatic heterocycles. The molecule has 2 N–H and O–H groups in total. The summed E-state index contributed by atoms with van der Waals surface area (Å²) < 4.78 is 16.2. The number of carboxylic acid groups (broad SMARTS) is 2. The Morgan fingerprint density at radius 3 is 1.79 bits per heavy atom. The molecule has 2 aromatic rings. The van der Waals surface area contributed by atoms with Gasteiger partial charge in [-0.15, -0.1) is 0 Å². The average molecular weight is 544 g/mol. The molecule has 2 aliphatic heterocycles. The number of hydrogen-bond donors (Lipinski definition) is 2. The summed E-state index contributed by atoms with van der Waals surface area (Å²) in [5.41, 5.74) is 1.95. The summed E-state index contributed by atoms with van der Waals surface area (Å²) in [6.45, 7) is 6.59. The molecule has 11 heteroatoms. The van der Waals surface area contributed by atoms with E-state index in [1.807, 2.05) is 4.90 Å². The number of aliphatic carboxylic acids is 2. The standard InChI is InChI=1S/C26H35N3O4.C2H2O4/c1-31-23-17-21(18-24(32-2)25(23)33-3)26(30)29-15-13-28(14-16-29)22-9-11-27(12-10-22)19-20-7-5-4-6-8-20;3-1(4)2(5)6/h4-8,17-18,22H,9-16,19H2,1-3H3;(H,3,4)(H,5,6). The zero-order valence-corrected chi connectivity index (χ0v) is 22.7. The quantitative estimate of drug-likeness (QED) is 0.502. The first-order chi connectivity index (χ1) is 18.8. The lowest BCUT2D eigenvalue weighted by Crippen LogP contribution is -2.54. The molecule has 0 spiro atoms. The lowest BCUT2D eigenvalue weighted by atomic mass is 10.0. The van der Waals surface area contributed by atoms with E-state index in [4.69, 9.17) is 34.0 Å². The molecule has 0 aliphatic carbocycles. The van der Waals surface area contributed by atoms with Gasteiger partial charge < -0.3 is 29.3 Å². The number of piperidine rings is 1. The summed E-state index contributed by atoms with van der Waals surface area (Å²) in [5.74, 6) is -2.14. The van der Waals surface area contributed by atoms with Crippen molar-refractivity contribution in [2.24, 2.45) is 0 Å². The van der Waals surface area contributed by atoms with Crippen molar-refractivity contribution in [3.63, 3.8) is 0 Å². The predicted octanol–water partition coefficient (Wildman–Crippen LogP) is 2.29. The molecule has 0 atom stereocenters. The fraction of sp³-hybridized carbons (Fsp3) is 0.464. The number of carbonyl (C=O) groups excluding carboxylic acids is 1. The van der Waals surface area contributed by atoms with Crippen molar-refractivity contribution in [2.45, 2.75) is 25.4 Å². The summed E-state index contributed by atoms with van der Waals surface area (Å²) in [6.07, 6.45) is 2.38. The molecule has 4 rings (SSSR count). The molecular formula is C28H37N3O8. The third kappa shape index (κ3) is 8.08. The van der Waals surface area contributed by atoms with Crippen LogP contribution in [0.3, 0.4) is 0 Å². The maximum atomic E-state index is 13.2. The number of benzene rings is 2. The molecule has 0 bridgehead atoms. The first-order valence-electron chi connectivity index (χ1n) is 12.8. The Morgan fingerprint density at radius 1 is 0.795 bits per heavy atom. The minimum atomic E-state index is -1.82. The second-order valence-electron chi connectivity index (χ2n) is 9.35. The number of piperazine rings is 1. The van der Waals surface area contributed by atoms with Gasteiger partial charge in [0.25, 0.3) is 5.91 Å². The van der Waals surface area contributed by atoms with E-state index in [1.165, 1.54) is 18.4 Å². The zero-order valence-electron chi connectivity index (χ0n) is 22.7. The van der Waals surface area contributed by atoms with Crippen molar-refractivity contribution in [2.75, 3.05) is 60.6 Å². The molecule has 212 valence electrons. The second-order valence-corrected chi connectivity index (χ2v) is 9.35. The van der Waals surface area contributed by atoms with Crippen LogP contribution in [0.2, 0.25) is 0 Å².